The van der Waals surface area contributed by atoms with Gasteiger partial charge < -0.3 is 19.5 Å². The van der Waals surface area contributed by atoms with E-state index in [4.69, 9.17) is 14.2 Å². The number of halogens is 2. The van der Waals surface area contributed by atoms with Crippen molar-refractivity contribution in [3.63, 3.8) is 0 Å². The van der Waals surface area contributed by atoms with Gasteiger partial charge in [0, 0.05) is 11.3 Å². The highest BCUT2D eigenvalue weighted by Gasteiger charge is 2.14. The van der Waals surface area contributed by atoms with Crippen molar-refractivity contribution in [2.75, 3.05) is 18.5 Å². The predicted molar refractivity (Wildman–Crippen MR) is 175 cm³/mol. The summed E-state index contributed by atoms with van der Waals surface area (Å²) < 4.78 is 18.6. The van der Waals surface area contributed by atoms with Crippen LogP contribution in [0.5, 0.6) is 17.2 Å². The van der Waals surface area contributed by atoms with E-state index >= 15 is 0 Å². The molecule has 0 aliphatic carbocycles. The molecule has 43 heavy (non-hydrogen) atoms. The topological polar surface area (TPSA) is 98.3 Å². The van der Waals surface area contributed by atoms with Crippen molar-refractivity contribution in [3.8, 4) is 17.2 Å². The number of amides is 2. The molecule has 0 atom stereocenters. The van der Waals surface area contributed by atoms with Gasteiger partial charge in [-0.1, -0.05) is 48.0 Å². The first-order valence-corrected chi connectivity index (χ1v) is 15.1. The molecule has 0 spiro atoms. The summed E-state index contributed by atoms with van der Waals surface area (Å²) in [6, 6.07) is 24.1. The normalized spacial score (nSPS) is 10.8. The van der Waals surface area contributed by atoms with E-state index in [-0.39, 0.29) is 12.5 Å². The highest BCUT2D eigenvalue weighted by Crippen LogP contribution is 2.34. The van der Waals surface area contributed by atoms with Gasteiger partial charge in [-0.25, -0.2) is 5.43 Å². The maximum absolute atomic E-state index is 12.8. The van der Waals surface area contributed by atoms with E-state index in [0.29, 0.717) is 50.5 Å². The van der Waals surface area contributed by atoms with Gasteiger partial charge in [0.25, 0.3) is 11.8 Å². The van der Waals surface area contributed by atoms with Crippen LogP contribution < -0.4 is 25.0 Å². The fraction of sp³-hybridized carbons (Fsp3) is 0.182. The molecule has 0 aliphatic rings. The van der Waals surface area contributed by atoms with E-state index in [1.165, 1.54) is 6.21 Å². The molecular weight excluding hydrogens is 678 g/mol. The lowest BCUT2D eigenvalue weighted by Gasteiger charge is -2.13. The molecule has 0 saturated carbocycles. The number of benzene rings is 4. The number of rotatable bonds is 12. The molecule has 0 bridgehead atoms. The molecule has 0 heterocycles. The molecule has 0 aliphatic heterocycles. The zero-order valence-corrected chi connectivity index (χ0v) is 27.1. The van der Waals surface area contributed by atoms with Gasteiger partial charge in [-0.2, -0.15) is 5.10 Å². The largest absolute Gasteiger partial charge is 0.490 e. The minimum Gasteiger partial charge on any atom is -0.490 e. The number of hydrogen-bond acceptors (Lipinski definition) is 6. The molecule has 0 radical (unpaired) electrons. The van der Waals surface area contributed by atoms with Crippen molar-refractivity contribution in [1.29, 1.82) is 0 Å². The van der Waals surface area contributed by atoms with Gasteiger partial charge >= 0.3 is 0 Å². The van der Waals surface area contributed by atoms with Crippen molar-refractivity contribution in [3.05, 3.63) is 116 Å². The second-order valence-electron chi connectivity index (χ2n) is 9.54. The molecule has 0 aromatic heterocycles. The Hall–Kier alpha value is -4.15. The number of aryl methyl sites for hydroxylation is 2. The monoisotopic (exact) mass is 707 g/mol. The first-order chi connectivity index (χ1) is 20.7. The van der Waals surface area contributed by atoms with Crippen LogP contribution in [0.4, 0.5) is 5.69 Å². The second kappa shape index (κ2) is 15.4. The molecule has 8 nitrogen and oxygen atoms in total. The van der Waals surface area contributed by atoms with E-state index in [0.717, 1.165) is 22.4 Å². The maximum Gasteiger partial charge on any atom is 0.271 e. The standard InChI is InChI=1S/C33H31Br2N3O5/c1-4-41-30-17-25(11-13-29(30)42-19-23-8-6-5-7-9-23)33(40)38-36-18-24-15-26(34)32(27(35)16-24)43-20-31(39)37-28-12-10-21(2)14-22(28)3/h5-18H,4,19-20H2,1-3H3,(H,37,39)(H,38,40)/b36-18+. The lowest BCUT2D eigenvalue weighted by atomic mass is 10.1. The van der Waals surface area contributed by atoms with Crippen LogP contribution >= 0.6 is 31.9 Å². The Labute approximate surface area is 267 Å². The minimum atomic E-state index is -0.403. The fourth-order valence-electron chi connectivity index (χ4n) is 4.07. The molecule has 0 saturated heterocycles. The van der Waals surface area contributed by atoms with Gasteiger partial charge in [0.2, 0.25) is 0 Å². The van der Waals surface area contributed by atoms with Crippen LogP contribution in [0.25, 0.3) is 0 Å². The van der Waals surface area contributed by atoms with Gasteiger partial charge in [0.1, 0.15) is 12.4 Å². The van der Waals surface area contributed by atoms with Gasteiger partial charge in [-0.05, 0) is 106 Å². The Morgan fingerprint density at radius 3 is 2.30 bits per heavy atom. The summed E-state index contributed by atoms with van der Waals surface area (Å²) in [5, 5.41) is 6.96. The number of hydrazone groups is 1. The average Bonchev–Trinajstić information content (AvgIpc) is 2.98. The van der Waals surface area contributed by atoms with Crippen LogP contribution in [0, 0.1) is 13.8 Å². The summed E-state index contributed by atoms with van der Waals surface area (Å²) in [4.78, 5) is 25.2. The molecule has 2 N–H and O–H groups in total. The second-order valence-corrected chi connectivity index (χ2v) is 11.2. The molecule has 0 fully saturated rings. The van der Waals surface area contributed by atoms with Crippen molar-refractivity contribution in [1.82, 2.24) is 5.43 Å². The van der Waals surface area contributed by atoms with Gasteiger partial charge in [0.05, 0.1) is 21.8 Å². The Morgan fingerprint density at radius 1 is 0.860 bits per heavy atom. The molecule has 4 aromatic rings. The van der Waals surface area contributed by atoms with Crippen LogP contribution in [0.3, 0.4) is 0 Å². The third-order valence-corrected chi connectivity index (χ3v) is 7.32. The highest BCUT2D eigenvalue weighted by atomic mass is 79.9. The van der Waals surface area contributed by atoms with Gasteiger partial charge in [-0.15, -0.1) is 0 Å². The van der Waals surface area contributed by atoms with E-state index in [1.54, 1.807) is 30.3 Å². The number of carbonyl (C=O) groups excluding carboxylic acids is 2. The van der Waals surface area contributed by atoms with Gasteiger partial charge in [-0.3, -0.25) is 9.59 Å². The third-order valence-electron chi connectivity index (χ3n) is 6.15. The molecule has 4 aromatic carbocycles. The Bertz CT molecular complexity index is 1600. The highest BCUT2D eigenvalue weighted by molar-refractivity contribution is 9.11. The van der Waals surface area contributed by atoms with Gasteiger partial charge in [0.15, 0.2) is 18.1 Å². The first kappa shape index (κ1) is 31.8. The SMILES string of the molecule is CCOc1cc(C(=O)N/N=C/c2cc(Br)c(OCC(=O)Nc3ccc(C)cc3C)c(Br)c2)ccc1OCc1ccccc1. The maximum atomic E-state index is 12.8. The summed E-state index contributed by atoms with van der Waals surface area (Å²) in [5.74, 6) is 0.809. The lowest BCUT2D eigenvalue weighted by Crippen LogP contribution is -2.21. The minimum absolute atomic E-state index is 0.173. The third kappa shape index (κ3) is 9.17. The molecule has 2 amide bonds. The molecule has 4 rings (SSSR count). The quantitative estimate of drug-likeness (QED) is 0.117. The molecular formula is C33H31Br2N3O5. The van der Waals surface area contributed by atoms with Crippen LogP contribution in [-0.2, 0) is 11.4 Å². The Kier molecular flexibility index (Phi) is 11.4. The summed E-state index contributed by atoms with van der Waals surface area (Å²) in [6.45, 7) is 6.44. The van der Waals surface area contributed by atoms with E-state index in [9.17, 15) is 9.59 Å². The van der Waals surface area contributed by atoms with Crippen LogP contribution in [0.1, 0.15) is 39.5 Å². The van der Waals surface area contributed by atoms with E-state index in [1.807, 2.05) is 69.3 Å². The number of carbonyl (C=O) groups is 2. The first-order valence-electron chi connectivity index (χ1n) is 13.5. The average molecular weight is 709 g/mol. The number of hydrogen-bond donors (Lipinski definition) is 2. The number of nitrogens with zero attached hydrogens (tertiary/aromatic N) is 1. The summed E-state index contributed by atoms with van der Waals surface area (Å²) >= 11 is 6.98. The Balaban J connectivity index is 1.34. The zero-order chi connectivity index (χ0) is 30.8. The number of anilines is 1. The molecule has 222 valence electrons. The van der Waals surface area contributed by atoms with Crippen molar-refractivity contribution in [2.45, 2.75) is 27.4 Å². The lowest BCUT2D eigenvalue weighted by molar-refractivity contribution is -0.118. The number of nitrogens with one attached hydrogen (secondary N) is 2. The number of ether oxygens (including phenoxy) is 3. The van der Waals surface area contributed by atoms with E-state index in [2.05, 4.69) is 47.7 Å². The van der Waals surface area contributed by atoms with Crippen LogP contribution in [0.2, 0.25) is 0 Å². The predicted octanol–water partition coefficient (Wildman–Crippen LogP) is 7.59. The van der Waals surface area contributed by atoms with E-state index < -0.39 is 5.91 Å². The molecule has 0 unspecified atom stereocenters. The summed E-state index contributed by atoms with van der Waals surface area (Å²) in [7, 11) is 0. The molecule has 10 heteroatoms. The van der Waals surface area contributed by atoms with Crippen LogP contribution in [0.15, 0.2) is 92.9 Å². The summed E-state index contributed by atoms with van der Waals surface area (Å²) in [5.41, 5.74) is 7.47. The van der Waals surface area contributed by atoms with Crippen LogP contribution in [-0.4, -0.2) is 31.2 Å². The fourth-order valence-corrected chi connectivity index (χ4v) is 5.52. The van der Waals surface area contributed by atoms with Crippen molar-refractivity contribution < 1.29 is 23.8 Å². The van der Waals surface area contributed by atoms with Crippen molar-refractivity contribution in [2.24, 2.45) is 5.10 Å². The summed E-state index contributed by atoms with van der Waals surface area (Å²) in [6.07, 6.45) is 1.50. The Morgan fingerprint density at radius 2 is 1.60 bits per heavy atom. The smallest absolute Gasteiger partial charge is 0.271 e. The zero-order valence-electron chi connectivity index (χ0n) is 23.9. The van der Waals surface area contributed by atoms with Crippen molar-refractivity contribution >= 4 is 55.6 Å².